The van der Waals surface area contributed by atoms with Crippen molar-refractivity contribution >= 4 is 6.29 Å². The zero-order valence-corrected chi connectivity index (χ0v) is 5.66. The van der Waals surface area contributed by atoms with Crippen LogP contribution < -0.4 is 0 Å². The number of aliphatic hydroxyl groups is 1. The Morgan fingerprint density at radius 3 is 3.18 bits per heavy atom. The van der Waals surface area contributed by atoms with Gasteiger partial charge in [-0.15, -0.1) is 0 Å². The van der Waals surface area contributed by atoms with E-state index in [-0.39, 0.29) is 6.29 Å². The van der Waals surface area contributed by atoms with Gasteiger partial charge >= 0.3 is 0 Å². The van der Waals surface area contributed by atoms with Crippen molar-refractivity contribution in [1.29, 1.82) is 0 Å². The summed E-state index contributed by atoms with van der Waals surface area (Å²) < 4.78 is 81.0. The lowest BCUT2D eigenvalue weighted by Gasteiger charge is -2.02. The van der Waals surface area contributed by atoms with E-state index in [9.17, 15) is 9.90 Å². The summed E-state index contributed by atoms with van der Waals surface area (Å²) in [6, 6.07) is 0. The van der Waals surface area contributed by atoms with Gasteiger partial charge < -0.3 is 5.11 Å². The highest BCUT2D eigenvalue weighted by molar-refractivity contribution is 5.64. The smallest absolute Gasteiger partial charge is 0.142 e. The van der Waals surface area contributed by atoms with Gasteiger partial charge in [0.15, 0.2) is 0 Å². The van der Waals surface area contributed by atoms with Gasteiger partial charge in [0, 0.05) is 15.1 Å². The summed E-state index contributed by atoms with van der Waals surface area (Å²) in [6.07, 6.45) is -15.6. The predicted molar refractivity (Wildman–Crippen MR) is 45.4 cm³/mol. The van der Waals surface area contributed by atoms with E-state index in [4.69, 9.17) is 15.1 Å². The molecule has 0 bridgehead atoms. The normalized spacial score (nSPS) is 34.8. The number of hydrogen-bond acceptors (Lipinski definition) is 2. The molecule has 1 atom stereocenters. The molecule has 0 radical (unpaired) electrons. The molecule has 1 unspecified atom stereocenters. The number of carbonyl (C=O) groups excluding carboxylic acids is 1. The van der Waals surface area contributed by atoms with Crippen molar-refractivity contribution in [2.45, 2.75) is 38.4 Å². The van der Waals surface area contributed by atoms with Crippen LogP contribution in [0.3, 0.4) is 0 Å². The molecule has 0 fully saturated rings. The highest BCUT2D eigenvalue weighted by atomic mass is 16.3. The molecule has 0 aliphatic rings. The summed E-state index contributed by atoms with van der Waals surface area (Å²) in [6.45, 7) is -3.57. The maximum Gasteiger partial charge on any atom is 0.142 e. The summed E-state index contributed by atoms with van der Waals surface area (Å²) >= 11 is 0. The van der Waals surface area contributed by atoms with Gasteiger partial charge in [0.25, 0.3) is 0 Å². The fraction of sp³-hybridized carbons (Fsp3) is 0.667. The molecule has 2 heteroatoms. The van der Waals surface area contributed by atoms with Crippen molar-refractivity contribution in [2.75, 3.05) is 0 Å². The third kappa shape index (κ3) is 7.26. The summed E-state index contributed by atoms with van der Waals surface area (Å²) in [5, 5.41) is 9.59. The highest BCUT2D eigenvalue weighted by Gasteiger charge is 1.96. The molecule has 0 heterocycles. The van der Waals surface area contributed by atoms with E-state index in [1.54, 1.807) is 0 Å². The van der Waals surface area contributed by atoms with Crippen molar-refractivity contribution in [3.05, 3.63) is 12.2 Å². The first-order chi connectivity index (χ1) is 9.48. The number of carbonyl (C=O) groups is 1. The summed E-state index contributed by atoms with van der Waals surface area (Å²) in [5.74, 6) is 0. The minimum atomic E-state index is -3.81. The van der Waals surface area contributed by atoms with Gasteiger partial charge in [0.2, 0.25) is 0 Å². The second-order valence-electron chi connectivity index (χ2n) is 1.49. The molecule has 0 amide bonds. The molecule has 11 heavy (non-hydrogen) atoms. The van der Waals surface area contributed by atoms with E-state index in [0.29, 0.717) is 12.2 Å². The van der Waals surface area contributed by atoms with Crippen molar-refractivity contribution in [3.63, 3.8) is 0 Å². The first-order valence-electron chi connectivity index (χ1n) is 8.28. The summed E-state index contributed by atoms with van der Waals surface area (Å²) in [7, 11) is 0. The SMILES string of the molecule is [2H]C([2H])([2H])C([2H])([2H])C([2H])([2H])C([2H])([2H])C([2H])([2H])C(O)/C=C/C=O. The van der Waals surface area contributed by atoms with Crippen LogP contribution in [0.2, 0.25) is 0 Å². The maximum atomic E-state index is 10.2. The van der Waals surface area contributed by atoms with Crippen LogP contribution in [0, 0.1) is 0 Å². The molecule has 0 saturated heterocycles. The minimum Gasteiger partial charge on any atom is -0.389 e. The molecule has 2 nitrogen and oxygen atoms in total. The van der Waals surface area contributed by atoms with Crippen LogP contribution >= 0.6 is 0 Å². The van der Waals surface area contributed by atoms with Crippen LogP contribution in [0.1, 0.15) is 47.4 Å². The first kappa shape index (κ1) is 2.19. The molecule has 64 valence electrons. The molecule has 0 aromatic rings. The lowest BCUT2D eigenvalue weighted by Crippen LogP contribution is -2.01. The molecule has 0 spiro atoms. The zero-order valence-electron chi connectivity index (χ0n) is 16.7. The Kier molecular flexibility index (Phi) is 1.49. The lowest BCUT2D eigenvalue weighted by atomic mass is 10.1. The van der Waals surface area contributed by atoms with Crippen molar-refractivity contribution in [3.8, 4) is 0 Å². The third-order valence-electron chi connectivity index (χ3n) is 0.717. The summed E-state index contributed by atoms with van der Waals surface area (Å²) in [4.78, 5) is 10.2. The van der Waals surface area contributed by atoms with Crippen LogP contribution in [-0.2, 0) is 4.79 Å². The van der Waals surface area contributed by atoms with Crippen LogP contribution in [0.4, 0.5) is 0 Å². The van der Waals surface area contributed by atoms with Gasteiger partial charge in [-0.25, -0.2) is 0 Å². The van der Waals surface area contributed by atoms with Crippen molar-refractivity contribution in [2.24, 2.45) is 0 Å². The predicted octanol–water partition coefficient (Wildman–Crippen LogP) is 1.68. The topological polar surface area (TPSA) is 37.3 Å². The van der Waals surface area contributed by atoms with Gasteiger partial charge in [0.05, 0.1) is 6.10 Å². The van der Waals surface area contributed by atoms with E-state index in [1.165, 1.54) is 0 Å². The largest absolute Gasteiger partial charge is 0.389 e. The number of hydrogen-bond donors (Lipinski definition) is 1. The lowest BCUT2D eigenvalue weighted by molar-refractivity contribution is -0.104. The van der Waals surface area contributed by atoms with E-state index in [0.717, 1.165) is 0 Å². The molecule has 0 aliphatic carbocycles. The number of allylic oxidation sites excluding steroid dienone is 1. The van der Waals surface area contributed by atoms with Crippen molar-refractivity contribution < 1.29 is 25.0 Å². The zero-order chi connectivity index (χ0) is 18.2. The average Bonchev–Trinajstić information content (AvgIpc) is 2.33. The quantitative estimate of drug-likeness (QED) is 0.483. The second-order valence-corrected chi connectivity index (χ2v) is 1.49. The Morgan fingerprint density at radius 2 is 2.55 bits per heavy atom. The molecule has 1 N–H and O–H groups in total. The summed E-state index contributed by atoms with van der Waals surface area (Å²) in [5.41, 5.74) is 0. The fourth-order valence-corrected chi connectivity index (χ4v) is 0.340. The molecule has 0 rings (SSSR count). The third-order valence-corrected chi connectivity index (χ3v) is 0.717. The molecule has 0 aromatic carbocycles. The van der Waals surface area contributed by atoms with Gasteiger partial charge in [-0.2, -0.15) is 0 Å². The van der Waals surface area contributed by atoms with Gasteiger partial charge in [0.1, 0.15) is 6.29 Å². The monoisotopic (exact) mass is 167 g/mol. The van der Waals surface area contributed by atoms with Crippen LogP contribution in [-0.4, -0.2) is 17.5 Å². The number of rotatable bonds is 6. The number of aliphatic hydroxyl groups excluding tert-OH is 1. The van der Waals surface area contributed by atoms with Crippen LogP contribution in [0.5, 0.6) is 0 Å². The van der Waals surface area contributed by atoms with Crippen LogP contribution in [0.25, 0.3) is 0 Å². The molecule has 0 aliphatic heterocycles. The van der Waals surface area contributed by atoms with Gasteiger partial charge in [-0.1, -0.05) is 32.0 Å². The molecular formula is C9H16O2. The minimum absolute atomic E-state index is 0.172. The Hall–Kier alpha value is -0.630. The Bertz CT molecular complexity index is 437. The highest BCUT2D eigenvalue weighted by Crippen LogP contribution is 2.03. The van der Waals surface area contributed by atoms with Crippen molar-refractivity contribution in [1.82, 2.24) is 0 Å². The molecule has 0 aromatic heterocycles. The van der Waals surface area contributed by atoms with Gasteiger partial charge in [-0.05, 0) is 12.4 Å². The van der Waals surface area contributed by atoms with E-state index in [1.807, 2.05) is 0 Å². The van der Waals surface area contributed by atoms with E-state index < -0.39 is 38.4 Å². The first-order valence-corrected chi connectivity index (χ1v) is 2.78. The Balaban J connectivity index is 5.99. The Morgan fingerprint density at radius 1 is 1.73 bits per heavy atom. The van der Waals surface area contributed by atoms with E-state index >= 15 is 0 Å². The number of aldehydes is 1. The molecule has 0 saturated carbocycles. The maximum absolute atomic E-state index is 10.2. The van der Waals surface area contributed by atoms with Gasteiger partial charge in [-0.3, -0.25) is 4.79 Å². The van der Waals surface area contributed by atoms with Crippen LogP contribution in [0.15, 0.2) is 12.2 Å². The van der Waals surface area contributed by atoms with E-state index in [2.05, 4.69) is 0 Å². The standard InChI is InChI=1S/C9H16O2/c1-2-3-4-6-9(11)7-5-8-10/h5,7-9,11H,2-4,6H2,1H3/b7-5+/i1D3,2D2,3D2,4D2,6D2. The Labute approximate surface area is 83.4 Å². The fourth-order valence-electron chi connectivity index (χ4n) is 0.340. The molecular weight excluding hydrogens is 140 g/mol. The second kappa shape index (κ2) is 7.48. The average molecular weight is 167 g/mol.